The second-order valence-electron chi connectivity index (χ2n) is 5.78. The van der Waals surface area contributed by atoms with Gasteiger partial charge in [0.25, 0.3) is 5.91 Å². The van der Waals surface area contributed by atoms with E-state index in [1.807, 2.05) is 29.2 Å². The van der Waals surface area contributed by atoms with Crippen LogP contribution in [0.5, 0.6) is 0 Å². The van der Waals surface area contributed by atoms with Crippen LogP contribution in [0.15, 0.2) is 29.2 Å². The molecule has 0 unspecified atom stereocenters. The monoisotopic (exact) mass is 290 g/mol. The molecule has 0 saturated carbocycles. The predicted molar refractivity (Wildman–Crippen MR) is 83.2 cm³/mol. The SMILES string of the molecule is CSc1ccc(C(=O)N2CC[C@@H]3CNC[C@@H]3CC2)cc1. The lowest BCUT2D eigenvalue weighted by atomic mass is 9.92. The first-order chi connectivity index (χ1) is 9.78. The highest BCUT2D eigenvalue weighted by atomic mass is 32.2. The Morgan fingerprint density at radius 1 is 1.15 bits per heavy atom. The molecule has 2 saturated heterocycles. The van der Waals surface area contributed by atoms with Gasteiger partial charge in [-0.1, -0.05) is 0 Å². The van der Waals surface area contributed by atoms with Crippen LogP contribution in [0.25, 0.3) is 0 Å². The van der Waals surface area contributed by atoms with Crippen molar-refractivity contribution < 1.29 is 4.79 Å². The molecule has 20 heavy (non-hydrogen) atoms. The van der Waals surface area contributed by atoms with Gasteiger partial charge >= 0.3 is 0 Å². The quantitative estimate of drug-likeness (QED) is 0.849. The first kappa shape index (κ1) is 14.0. The van der Waals surface area contributed by atoms with E-state index in [0.29, 0.717) is 0 Å². The van der Waals surface area contributed by atoms with Gasteiger partial charge in [-0.05, 0) is 68.3 Å². The zero-order chi connectivity index (χ0) is 13.9. The summed E-state index contributed by atoms with van der Waals surface area (Å²) >= 11 is 1.71. The van der Waals surface area contributed by atoms with Gasteiger partial charge in [-0.15, -0.1) is 11.8 Å². The average molecular weight is 290 g/mol. The van der Waals surface area contributed by atoms with Crippen LogP contribution in [0.3, 0.4) is 0 Å². The molecule has 2 aliphatic heterocycles. The molecule has 2 fully saturated rings. The third-order valence-corrected chi connectivity index (χ3v) is 5.39. The summed E-state index contributed by atoms with van der Waals surface area (Å²) in [5.41, 5.74) is 0.827. The molecule has 3 rings (SSSR count). The minimum Gasteiger partial charge on any atom is -0.339 e. The van der Waals surface area contributed by atoms with Gasteiger partial charge in [0.15, 0.2) is 0 Å². The lowest BCUT2D eigenvalue weighted by Gasteiger charge is -2.21. The fraction of sp³-hybridized carbons (Fsp3) is 0.562. The number of nitrogens with zero attached hydrogens (tertiary/aromatic N) is 1. The molecule has 1 aromatic carbocycles. The Morgan fingerprint density at radius 2 is 1.75 bits per heavy atom. The summed E-state index contributed by atoms with van der Waals surface area (Å²) in [6.45, 7) is 4.09. The fourth-order valence-electron chi connectivity index (χ4n) is 3.34. The molecule has 0 radical (unpaired) electrons. The van der Waals surface area contributed by atoms with Crippen molar-refractivity contribution in [3.63, 3.8) is 0 Å². The van der Waals surface area contributed by atoms with Crippen LogP contribution in [-0.4, -0.2) is 43.2 Å². The highest BCUT2D eigenvalue weighted by Crippen LogP contribution is 2.27. The Labute approximate surface area is 125 Å². The number of likely N-dealkylation sites (tertiary alicyclic amines) is 1. The van der Waals surface area contributed by atoms with Gasteiger partial charge in [-0.3, -0.25) is 4.79 Å². The van der Waals surface area contributed by atoms with Gasteiger partial charge in [-0.2, -0.15) is 0 Å². The summed E-state index contributed by atoms with van der Waals surface area (Å²) in [6.07, 6.45) is 4.34. The van der Waals surface area contributed by atoms with E-state index in [4.69, 9.17) is 0 Å². The van der Waals surface area contributed by atoms with Crippen LogP contribution in [0.1, 0.15) is 23.2 Å². The zero-order valence-electron chi connectivity index (χ0n) is 12.0. The van der Waals surface area contributed by atoms with Crippen LogP contribution in [0.2, 0.25) is 0 Å². The maximum absolute atomic E-state index is 12.6. The lowest BCUT2D eigenvalue weighted by molar-refractivity contribution is 0.0758. The minimum absolute atomic E-state index is 0.200. The summed E-state index contributed by atoms with van der Waals surface area (Å²) in [5, 5.41) is 3.47. The molecular weight excluding hydrogens is 268 g/mol. The van der Waals surface area contributed by atoms with Crippen LogP contribution in [0, 0.1) is 11.8 Å². The molecule has 0 aromatic heterocycles. The number of nitrogens with one attached hydrogen (secondary N) is 1. The first-order valence-electron chi connectivity index (χ1n) is 7.42. The van der Waals surface area contributed by atoms with Crippen LogP contribution < -0.4 is 5.32 Å². The van der Waals surface area contributed by atoms with Crippen molar-refractivity contribution in [3.05, 3.63) is 29.8 Å². The van der Waals surface area contributed by atoms with Gasteiger partial charge in [0.2, 0.25) is 0 Å². The van der Waals surface area contributed by atoms with E-state index < -0.39 is 0 Å². The van der Waals surface area contributed by atoms with Crippen LogP contribution in [-0.2, 0) is 0 Å². The number of hydrogen-bond donors (Lipinski definition) is 1. The minimum atomic E-state index is 0.200. The third-order valence-electron chi connectivity index (χ3n) is 4.64. The van der Waals surface area contributed by atoms with Crippen LogP contribution >= 0.6 is 11.8 Å². The van der Waals surface area contributed by atoms with Crippen molar-refractivity contribution in [3.8, 4) is 0 Å². The maximum atomic E-state index is 12.6. The molecule has 1 amide bonds. The zero-order valence-corrected chi connectivity index (χ0v) is 12.8. The molecular formula is C16H22N2OS. The number of carbonyl (C=O) groups is 1. The van der Waals surface area contributed by atoms with Gasteiger partial charge in [0.05, 0.1) is 0 Å². The van der Waals surface area contributed by atoms with Crippen molar-refractivity contribution in [2.24, 2.45) is 11.8 Å². The Hall–Kier alpha value is -1.00. The summed E-state index contributed by atoms with van der Waals surface area (Å²) in [7, 11) is 0. The van der Waals surface area contributed by atoms with Gasteiger partial charge in [0.1, 0.15) is 0 Å². The number of benzene rings is 1. The number of thioether (sulfide) groups is 1. The Morgan fingerprint density at radius 3 is 2.30 bits per heavy atom. The standard InChI is InChI=1S/C16H22N2OS/c1-20-15-4-2-12(3-5-15)16(19)18-8-6-13-10-17-11-14(13)7-9-18/h2-5,13-14,17H,6-11H2,1H3/t13-,14+. The molecule has 108 valence electrons. The third kappa shape index (κ3) is 2.86. The summed E-state index contributed by atoms with van der Waals surface area (Å²) < 4.78 is 0. The maximum Gasteiger partial charge on any atom is 0.253 e. The van der Waals surface area contributed by atoms with E-state index in [0.717, 1.165) is 56.4 Å². The molecule has 1 aromatic rings. The van der Waals surface area contributed by atoms with E-state index in [-0.39, 0.29) is 5.91 Å². The number of amides is 1. The summed E-state index contributed by atoms with van der Waals surface area (Å²) in [5.74, 6) is 1.74. The molecule has 3 nitrogen and oxygen atoms in total. The van der Waals surface area contributed by atoms with E-state index >= 15 is 0 Å². The molecule has 2 heterocycles. The second-order valence-corrected chi connectivity index (χ2v) is 6.66. The van der Waals surface area contributed by atoms with E-state index in [1.54, 1.807) is 11.8 Å². The van der Waals surface area contributed by atoms with Crippen LogP contribution in [0.4, 0.5) is 0 Å². The highest BCUT2D eigenvalue weighted by molar-refractivity contribution is 7.98. The smallest absolute Gasteiger partial charge is 0.253 e. The van der Waals surface area contributed by atoms with Crippen molar-refractivity contribution in [2.45, 2.75) is 17.7 Å². The number of hydrogen-bond acceptors (Lipinski definition) is 3. The average Bonchev–Trinajstić information content (AvgIpc) is 2.85. The number of carbonyl (C=O) groups excluding carboxylic acids is 1. The first-order valence-corrected chi connectivity index (χ1v) is 8.64. The molecule has 2 atom stereocenters. The summed E-state index contributed by atoms with van der Waals surface area (Å²) in [4.78, 5) is 15.8. The topological polar surface area (TPSA) is 32.3 Å². The Bertz CT molecular complexity index is 460. The Kier molecular flexibility index (Phi) is 4.32. The number of rotatable bonds is 2. The molecule has 0 spiro atoms. The molecule has 0 aliphatic carbocycles. The van der Waals surface area contributed by atoms with Gasteiger partial charge in [0, 0.05) is 23.5 Å². The predicted octanol–water partition coefficient (Wildman–Crippen LogP) is 2.48. The molecule has 1 N–H and O–H groups in total. The highest BCUT2D eigenvalue weighted by Gasteiger charge is 2.31. The van der Waals surface area contributed by atoms with Crippen molar-refractivity contribution in [1.82, 2.24) is 10.2 Å². The lowest BCUT2D eigenvalue weighted by Crippen LogP contribution is -2.32. The van der Waals surface area contributed by atoms with E-state index in [1.165, 1.54) is 4.90 Å². The second kappa shape index (κ2) is 6.19. The van der Waals surface area contributed by atoms with Gasteiger partial charge in [-0.25, -0.2) is 0 Å². The van der Waals surface area contributed by atoms with E-state index in [9.17, 15) is 4.79 Å². The van der Waals surface area contributed by atoms with Crippen molar-refractivity contribution in [1.29, 1.82) is 0 Å². The van der Waals surface area contributed by atoms with E-state index in [2.05, 4.69) is 11.6 Å². The molecule has 4 heteroatoms. The summed E-state index contributed by atoms with van der Waals surface area (Å²) in [6, 6.07) is 7.99. The Balaban J connectivity index is 1.67. The van der Waals surface area contributed by atoms with Crippen molar-refractivity contribution in [2.75, 3.05) is 32.4 Å². The number of fused-ring (bicyclic) bond motifs is 1. The largest absolute Gasteiger partial charge is 0.339 e. The fourth-order valence-corrected chi connectivity index (χ4v) is 3.75. The molecule has 0 bridgehead atoms. The van der Waals surface area contributed by atoms with Gasteiger partial charge < -0.3 is 10.2 Å². The molecule has 2 aliphatic rings. The van der Waals surface area contributed by atoms with Crippen molar-refractivity contribution >= 4 is 17.7 Å². The normalized spacial score (nSPS) is 26.1.